The van der Waals surface area contributed by atoms with Crippen LogP contribution in [0, 0.1) is 13.8 Å². The standard InChI is InChI=1S/C15H18N2S/c1-11-4-6-14(12(2)8-11)18-15-7-5-13(9-16-3)10-17-15/h4-8,10,16H,9H2,1-3H3. The SMILES string of the molecule is CNCc1ccc(Sc2ccc(C)cc2C)nc1. The second-order valence-corrected chi connectivity index (χ2v) is 5.47. The topological polar surface area (TPSA) is 24.9 Å². The molecule has 0 aliphatic rings. The largest absolute Gasteiger partial charge is 0.316 e. The van der Waals surface area contributed by atoms with Crippen molar-refractivity contribution in [3.63, 3.8) is 0 Å². The van der Waals surface area contributed by atoms with E-state index in [2.05, 4.69) is 54.5 Å². The molecular formula is C15H18N2S. The van der Waals surface area contributed by atoms with Crippen LogP contribution in [0.25, 0.3) is 0 Å². The first kappa shape index (κ1) is 13.1. The Bertz CT molecular complexity index is 521. The summed E-state index contributed by atoms with van der Waals surface area (Å²) in [4.78, 5) is 5.75. The van der Waals surface area contributed by atoms with Crippen molar-refractivity contribution in [2.45, 2.75) is 30.3 Å². The highest BCUT2D eigenvalue weighted by Gasteiger charge is 2.02. The summed E-state index contributed by atoms with van der Waals surface area (Å²) in [5, 5.41) is 4.17. The fourth-order valence-electron chi connectivity index (χ4n) is 1.81. The highest BCUT2D eigenvalue weighted by Crippen LogP contribution is 2.29. The summed E-state index contributed by atoms with van der Waals surface area (Å²) >= 11 is 1.72. The second kappa shape index (κ2) is 6.03. The number of rotatable bonds is 4. The molecule has 1 N–H and O–H groups in total. The van der Waals surface area contributed by atoms with E-state index in [1.807, 2.05) is 13.2 Å². The van der Waals surface area contributed by atoms with Crippen LogP contribution in [0.2, 0.25) is 0 Å². The zero-order valence-electron chi connectivity index (χ0n) is 11.0. The van der Waals surface area contributed by atoms with E-state index >= 15 is 0 Å². The molecule has 0 spiro atoms. The van der Waals surface area contributed by atoms with Gasteiger partial charge in [0.25, 0.3) is 0 Å². The van der Waals surface area contributed by atoms with Crippen molar-refractivity contribution in [3.8, 4) is 0 Å². The van der Waals surface area contributed by atoms with Crippen molar-refractivity contribution in [1.82, 2.24) is 10.3 Å². The molecule has 1 aromatic heterocycles. The van der Waals surface area contributed by atoms with E-state index in [9.17, 15) is 0 Å². The van der Waals surface area contributed by atoms with Crippen molar-refractivity contribution >= 4 is 11.8 Å². The van der Waals surface area contributed by atoms with Crippen LogP contribution in [0.1, 0.15) is 16.7 Å². The van der Waals surface area contributed by atoms with Crippen molar-refractivity contribution in [1.29, 1.82) is 0 Å². The Morgan fingerprint density at radius 3 is 2.61 bits per heavy atom. The fourth-order valence-corrected chi connectivity index (χ4v) is 2.63. The van der Waals surface area contributed by atoms with Gasteiger partial charge >= 0.3 is 0 Å². The Labute approximate surface area is 113 Å². The van der Waals surface area contributed by atoms with Crippen molar-refractivity contribution in [3.05, 3.63) is 53.2 Å². The molecule has 0 bridgehead atoms. The molecule has 3 heteroatoms. The summed E-state index contributed by atoms with van der Waals surface area (Å²) in [5.74, 6) is 0. The first-order valence-electron chi connectivity index (χ1n) is 6.03. The van der Waals surface area contributed by atoms with Crippen LogP contribution in [-0.4, -0.2) is 12.0 Å². The van der Waals surface area contributed by atoms with E-state index in [1.165, 1.54) is 21.6 Å². The fraction of sp³-hybridized carbons (Fsp3) is 0.267. The number of nitrogens with one attached hydrogen (secondary N) is 1. The van der Waals surface area contributed by atoms with Gasteiger partial charge in [0.15, 0.2) is 0 Å². The van der Waals surface area contributed by atoms with Crippen LogP contribution in [0.3, 0.4) is 0 Å². The molecule has 2 nitrogen and oxygen atoms in total. The van der Waals surface area contributed by atoms with E-state index < -0.39 is 0 Å². The van der Waals surface area contributed by atoms with Crippen molar-refractivity contribution < 1.29 is 0 Å². The van der Waals surface area contributed by atoms with Gasteiger partial charge in [-0.2, -0.15) is 0 Å². The zero-order chi connectivity index (χ0) is 13.0. The number of aromatic nitrogens is 1. The van der Waals surface area contributed by atoms with Crippen molar-refractivity contribution in [2.75, 3.05) is 7.05 Å². The van der Waals surface area contributed by atoms with Gasteiger partial charge in [-0.05, 0) is 44.2 Å². The molecule has 0 fully saturated rings. The first-order valence-corrected chi connectivity index (χ1v) is 6.85. The molecular weight excluding hydrogens is 240 g/mol. The third kappa shape index (κ3) is 3.34. The van der Waals surface area contributed by atoms with Gasteiger partial charge in [-0.15, -0.1) is 0 Å². The molecule has 1 heterocycles. The van der Waals surface area contributed by atoms with E-state index in [0.717, 1.165) is 11.6 Å². The van der Waals surface area contributed by atoms with Gasteiger partial charge in [-0.3, -0.25) is 0 Å². The van der Waals surface area contributed by atoms with E-state index in [-0.39, 0.29) is 0 Å². The van der Waals surface area contributed by atoms with Gasteiger partial charge in [-0.1, -0.05) is 35.5 Å². The molecule has 2 rings (SSSR count). The maximum absolute atomic E-state index is 4.48. The number of aryl methyl sites for hydroxylation is 2. The monoisotopic (exact) mass is 258 g/mol. The maximum atomic E-state index is 4.48. The van der Waals surface area contributed by atoms with Gasteiger partial charge in [0.05, 0.1) is 0 Å². The number of pyridine rings is 1. The molecule has 18 heavy (non-hydrogen) atoms. The highest BCUT2D eigenvalue weighted by atomic mass is 32.2. The minimum Gasteiger partial charge on any atom is -0.316 e. The average molecular weight is 258 g/mol. The van der Waals surface area contributed by atoms with Crippen molar-refractivity contribution in [2.24, 2.45) is 0 Å². The summed E-state index contributed by atoms with van der Waals surface area (Å²) in [5.41, 5.74) is 3.82. The first-order chi connectivity index (χ1) is 8.69. The zero-order valence-corrected chi connectivity index (χ0v) is 11.8. The molecule has 0 radical (unpaired) electrons. The summed E-state index contributed by atoms with van der Waals surface area (Å²) in [7, 11) is 1.94. The van der Waals surface area contributed by atoms with Gasteiger partial charge < -0.3 is 5.32 Å². The van der Waals surface area contributed by atoms with Crippen LogP contribution >= 0.6 is 11.8 Å². The molecule has 0 saturated carbocycles. The Hall–Kier alpha value is -1.32. The van der Waals surface area contributed by atoms with Gasteiger partial charge in [0.2, 0.25) is 0 Å². The third-order valence-corrected chi connectivity index (χ3v) is 3.85. The van der Waals surface area contributed by atoms with Crippen LogP contribution in [0.15, 0.2) is 46.5 Å². The predicted molar refractivity (Wildman–Crippen MR) is 77.0 cm³/mol. The van der Waals surface area contributed by atoms with Crippen LogP contribution in [0.4, 0.5) is 0 Å². The number of nitrogens with zero attached hydrogens (tertiary/aromatic N) is 1. The lowest BCUT2D eigenvalue weighted by atomic mass is 10.2. The number of benzene rings is 1. The van der Waals surface area contributed by atoms with Crippen LogP contribution < -0.4 is 5.32 Å². The van der Waals surface area contributed by atoms with Gasteiger partial charge in [0, 0.05) is 17.6 Å². The number of hydrogen-bond donors (Lipinski definition) is 1. The number of hydrogen-bond acceptors (Lipinski definition) is 3. The summed E-state index contributed by atoms with van der Waals surface area (Å²) < 4.78 is 0. The third-order valence-electron chi connectivity index (χ3n) is 2.72. The second-order valence-electron chi connectivity index (χ2n) is 4.41. The van der Waals surface area contributed by atoms with Crippen LogP contribution in [0.5, 0.6) is 0 Å². The lowest BCUT2D eigenvalue weighted by Gasteiger charge is -2.06. The molecule has 0 saturated heterocycles. The summed E-state index contributed by atoms with van der Waals surface area (Å²) in [6.45, 7) is 5.12. The Morgan fingerprint density at radius 2 is 2.00 bits per heavy atom. The maximum Gasteiger partial charge on any atom is 0.101 e. The Morgan fingerprint density at radius 1 is 1.17 bits per heavy atom. The summed E-state index contributed by atoms with van der Waals surface area (Å²) in [6.07, 6.45) is 1.93. The van der Waals surface area contributed by atoms with Crippen LogP contribution in [-0.2, 0) is 6.54 Å². The average Bonchev–Trinajstić information content (AvgIpc) is 2.35. The van der Waals surface area contributed by atoms with E-state index in [0.29, 0.717) is 0 Å². The highest BCUT2D eigenvalue weighted by molar-refractivity contribution is 7.99. The summed E-state index contributed by atoms with van der Waals surface area (Å²) in [6, 6.07) is 10.7. The molecule has 94 valence electrons. The molecule has 1 aromatic carbocycles. The Kier molecular flexibility index (Phi) is 4.39. The molecule has 2 aromatic rings. The minimum absolute atomic E-state index is 0.863. The molecule has 0 amide bonds. The minimum atomic E-state index is 0.863. The lowest BCUT2D eigenvalue weighted by Crippen LogP contribution is -2.05. The molecule has 0 aliphatic heterocycles. The van der Waals surface area contributed by atoms with E-state index in [4.69, 9.17) is 0 Å². The lowest BCUT2D eigenvalue weighted by molar-refractivity contribution is 0.809. The smallest absolute Gasteiger partial charge is 0.101 e. The van der Waals surface area contributed by atoms with Gasteiger partial charge in [0.1, 0.15) is 5.03 Å². The normalized spacial score (nSPS) is 10.6. The van der Waals surface area contributed by atoms with Gasteiger partial charge in [-0.25, -0.2) is 4.98 Å². The van der Waals surface area contributed by atoms with E-state index in [1.54, 1.807) is 11.8 Å². The predicted octanol–water partition coefficient (Wildman–Crippen LogP) is 3.57. The quantitative estimate of drug-likeness (QED) is 0.907. The molecule has 0 atom stereocenters. The molecule has 0 unspecified atom stereocenters. The molecule has 0 aliphatic carbocycles. The Balaban J connectivity index is 2.13.